The van der Waals surface area contributed by atoms with E-state index >= 15 is 0 Å². The van der Waals surface area contributed by atoms with Crippen LogP contribution in [-0.4, -0.2) is 14.8 Å². The van der Waals surface area contributed by atoms with Crippen LogP contribution in [0.4, 0.5) is 0 Å². The van der Waals surface area contributed by atoms with Crippen LogP contribution in [0.3, 0.4) is 0 Å². The van der Waals surface area contributed by atoms with E-state index < -0.39 is 0 Å². The Morgan fingerprint density at radius 1 is 1.27 bits per heavy atom. The number of halogens is 3. The molecule has 1 aromatic carbocycles. The summed E-state index contributed by atoms with van der Waals surface area (Å²) >= 11 is 15.4. The SMILES string of the molecule is Cc1nnc(Cl)n1-c1cc(Br)ccc1Cl. The van der Waals surface area contributed by atoms with Crippen LogP contribution < -0.4 is 0 Å². The molecule has 0 saturated heterocycles. The molecule has 0 aliphatic rings. The third kappa shape index (κ3) is 2.02. The third-order valence-corrected chi connectivity index (χ3v) is 2.99. The zero-order chi connectivity index (χ0) is 11.0. The monoisotopic (exact) mass is 305 g/mol. The maximum atomic E-state index is 6.08. The molecule has 3 nitrogen and oxygen atoms in total. The molecule has 6 heteroatoms. The zero-order valence-electron chi connectivity index (χ0n) is 7.71. The molecule has 1 aromatic heterocycles. The smallest absolute Gasteiger partial charge is 0.229 e. The number of aromatic nitrogens is 3. The lowest BCUT2D eigenvalue weighted by Gasteiger charge is -2.07. The quantitative estimate of drug-likeness (QED) is 0.805. The maximum Gasteiger partial charge on any atom is 0.229 e. The molecule has 0 aliphatic carbocycles. The minimum absolute atomic E-state index is 0.299. The summed E-state index contributed by atoms with van der Waals surface area (Å²) in [6.45, 7) is 1.82. The summed E-state index contributed by atoms with van der Waals surface area (Å²) in [7, 11) is 0. The van der Waals surface area contributed by atoms with E-state index in [1.54, 1.807) is 10.6 Å². The van der Waals surface area contributed by atoms with Crippen molar-refractivity contribution in [2.75, 3.05) is 0 Å². The highest BCUT2D eigenvalue weighted by Crippen LogP contribution is 2.27. The average molecular weight is 307 g/mol. The summed E-state index contributed by atoms with van der Waals surface area (Å²) < 4.78 is 2.61. The standard InChI is InChI=1S/C9H6BrCl2N3/c1-5-13-14-9(12)15(5)8-4-6(10)2-3-7(8)11/h2-4H,1H3. The van der Waals surface area contributed by atoms with Gasteiger partial charge in [0.05, 0.1) is 10.7 Å². The number of aryl methyl sites for hydroxylation is 1. The van der Waals surface area contributed by atoms with Gasteiger partial charge in [0.15, 0.2) is 0 Å². The highest BCUT2D eigenvalue weighted by molar-refractivity contribution is 9.10. The molecule has 0 radical (unpaired) electrons. The highest BCUT2D eigenvalue weighted by Gasteiger charge is 2.11. The molecule has 78 valence electrons. The molecule has 0 fully saturated rings. The molecule has 1 heterocycles. The molecule has 0 spiro atoms. The van der Waals surface area contributed by atoms with Crippen LogP contribution in [0.2, 0.25) is 10.3 Å². The average Bonchev–Trinajstić information content (AvgIpc) is 2.51. The molecule has 15 heavy (non-hydrogen) atoms. The molecule has 0 unspecified atom stereocenters. The lowest BCUT2D eigenvalue weighted by Crippen LogP contribution is -1.98. The molecular weight excluding hydrogens is 301 g/mol. The summed E-state index contributed by atoms with van der Waals surface area (Å²) in [6, 6.07) is 5.51. The van der Waals surface area contributed by atoms with Gasteiger partial charge in [-0.15, -0.1) is 10.2 Å². The number of benzene rings is 1. The van der Waals surface area contributed by atoms with Crippen molar-refractivity contribution >= 4 is 39.1 Å². The normalized spacial score (nSPS) is 10.7. The summed E-state index contributed by atoms with van der Waals surface area (Å²) in [4.78, 5) is 0. The van der Waals surface area contributed by atoms with Gasteiger partial charge in [-0.2, -0.15) is 0 Å². The Labute approximate surface area is 105 Å². The van der Waals surface area contributed by atoms with Crippen molar-refractivity contribution in [1.82, 2.24) is 14.8 Å². The van der Waals surface area contributed by atoms with Gasteiger partial charge in [-0.3, -0.25) is 4.57 Å². The van der Waals surface area contributed by atoms with Gasteiger partial charge in [-0.25, -0.2) is 0 Å². The number of nitrogens with zero attached hydrogens (tertiary/aromatic N) is 3. The van der Waals surface area contributed by atoms with Crippen molar-refractivity contribution in [3.8, 4) is 5.69 Å². The van der Waals surface area contributed by atoms with E-state index in [4.69, 9.17) is 23.2 Å². The van der Waals surface area contributed by atoms with Gasteiger partial charge >= 0.3 is 0 Å². The molecule has 2 rings (SSSR count). The van der Waals surface area contributed by atoms with E-state index in [1.807, 2.05) is 19.1 Å². The van der Waals surface area contributed by atoms with Crippen LogP contribution in [0.15, 0.2) is 22.7 Å². The van der Waals surface area contributed by atoms with Crippen molar-refractivity contribution in [2.45, 2.75) is 6.92 Å². The molecule has 0 amide bonds. The second-order valence-electron chi connectivity index (χ2n) is 2.95. The first-order valence-corrected chi connectivity index (χ1v) is 5.67. The van der Waals surface area contributed by atoms with Crippen molar-refractivity contribution in [3.63, 3.8) is 0 Å². The molecule has 2 aromatic rings. The van der Waals surface area contributed by atoms with E-state index in [-0.39, 0.29) is 0 Å². The van der Waals surface area contributed by atoms with E-state index in [9.17, 15) is 0 Å². The third-order valence-electron chi connectivity index (χ3n) is 1.93. The van der Waals surface area contributed by atoms with Crippen molar-refractivity contribution < 1.29 is 0 Å². The summed E-state index contributed by atoms with van der Waals surface area (Å²) in [6.07, 6.45) is 0. The lowest BCUT2D eigenvalue weighted by atomic mass is 10.3. The Morgan fingerprint density at radius 2 is 2.00 bits per heavy atom. The molecule has 0 aliphatic heterocycles. The number of rotatable bonds is 1. The Kier molecular flexibility index (Phi) is 3.00. The largest absolute Gasteiger partial charge is 0.268 e. The zero-order valence-corrected chi connectivity index (χ0v) is 10.8. The van der Waals surface area contributed by atoms with Crippen LogP contribution >= 0.6 is 39.1 Å². The number of hydrogen-bond donors (Lipinski definition) is 0. The van der Waals surface area contributed by atoms with Crippen molar-refractivity contribution in [3.05, 3.63) is 38.8 Å². The second kappa shape index (κ2) is 4.12. The Hall–Kier alpha value is -0.580. The summed E-state index contributed by atoms with van der Waals surface area (Å²) in [5, 5.41) is 8.54. The minimum atomic E-state index is 0.299. The molecule has 0 saturated carbocycles. The number of hydrogen-bond acceptors (Lipinski definition) is 2. The van der Waals surface area contributed by atoms with Gasteiger partial charge in [-0.05, 0) is 36.7 Å². The fraction of sp³-hybridized carbons (Fsp3) is 0.111. The fourth-order valence-electron chi connectivity index (χ4n) is 1.27. The Bertz CT molecular complexity index is 491. The molecule has 0 atom stereocenters. The second-order valence-corrected chi connectivity index (χ2v) is 4.61. The van der Waals surface area contributed by atoms with Gasteiger partial charge in [0, 0.05) is 4.47 Å². The lowest BCUT2D eigenvalue weighted by molar-refractivity contribution is 0.969. The fourth-order valence-corrected chi connectivity index (χ4v) is 2.07. The predicted octanol–water partition coefficient (Wildman–Crippen LogP) is 3.65. The predicted molar refractivity (Wildman–Crippen MR) is 63.8 cm³/mol. The van der Waals surface area contributed by atoms with Crippen LogP contribution in [-0.2, 0) is 0 Å². The van der Waals surface area contributed by atoms with Gasteiger partial charge in [-0.1, -0.05) is 27.5 Å². The van der Waals surface area contributed by atoms with E-state index in [1.165, 1.54) is 0 Å². The first kappa shape index (κ1) is 10.9. The van der Waals surface area contributed by atoms with Crippen LogP contribution in [0, 0.1) is 6.92 Å². The van der Waals surface area contributed by atoms with E-state index in [0.717, 1.165) is 10.2 Å². The van der Waals surface area contributed by atoms with E-state index in [0.29, 0.717) is 16.1 Å². The summed E-state index contributed by atoms with van der Waals surface area (Å²) in [5.41, 5.74) is 0.763. The van der Waals surface area contributed by atoms with Gasteiger partial charge in [0.2, 0.25) is 5.28 Å². The maximum absolute atomic E-state index is 6.08. The van der Waals surface area contributed by atoms with Crippen LogP contribution in [0.5, 0.6) is 0 Å². The Morgan fingerprint density at radius 3 is 2.60 bits per heavy atom. The van der Waals surface area contributed by atoms with Gasteiger partial charge in [0.25, 0.3) is 0 Å². The highest BCUT2D eigenvalue weighted by atomic mass is 79.9. The van der Waals surface area contributed by atoms with E-state index in [2.05, 4.69) is 26.1 Å². The van der Waals surface area contributed by atoms with Gasteiger partial charge < -0.3 is 0 Å². The molecule has 0 bridgehead atoms. The minimum Gasteiger partial charge on any atom is -0.268 e. The topological polar surface area (TPSA) is 30.7 Å². The van der Waals surface area contributed by atoms with Crippen LogP contribution in [0.1, 0.15) is 5.82 Å². The molecular formula is C9H6BrCl2N3. The van der Waals surface area contributed by atoms with Gasteiger partial charge in [0.1, 0.15) is 5.82 Å². The van der Waals surface area contributed by atoms with Crippen molar-refractivity contribution in [2.24, 2.45) is 0 Å². The molecule has 0 N–H and O–H groups in total. The summed E-state index contributed by atoms with van der Waals surface area (Å²) in [5.74, 6) is 0.694. The van der Waals surface area contributed by atoms with Crippen molar-refractivity contribution in [1.29, 1.82) is 0 Å². The first-order chi connectivity index (χ1) is 7.09. The first-order valence-electron chi connectivity index (χ1n) is 4.12. The Balaban J connectivity index is 2.68. The van der Waals surface area contributed by atoms with Crippen LogP contribution in [0.25, 0.3) is 5.69 Å².